The fourth-order valence-electron chi connectivity index (χ4n) is 1.73. The highest BCUT2D eigenvalue weighted by molar-refractivity contribution is 7.99. The number of nitrogens with zero attached hydrogens (tertiary/aromatic N) is 4. The normalized spacial score (nSPS) is 12.0. The molecular weight excluding hydrogens is 295 g/mol. The number of hydrogen-bond donors (Lipinski definition) is 3. The molecule has 0 aliphatic rings. The van der Waals surface area contributed by atoms with E-state index in [1.54, 1.807) is 6.07 Å². The zero-order valence-corrected chi connectivity index (χ0v) is 11.3. The third kappa shape index (κ3) is 2.50. The zero-order chi connectivity index (χ0) is 14.8. The molecule has 0 spiro atoms. The molecule has 1 aromatic carbocycles. The molecule has 0 unspecified atom stereocenters. The van der Waals surface area contributed by atoms with Crippen LogP contribution < -0.4 is 5.73 Å². The van der Waals surface area contributed by atoms with Gasteiger partial charge in [-0.15, -0.1) is 0 Å². The van der Waals surface area contributed by atoms with Crippen LogP contribution in [0.4, 0.5) is 4.39 Å². The largest absolute Gasteiger partial charge is 0.409 e. The lowest BCUT2D eigenvalue weighted by Crippen LogP contribution is -2.13. The highest BCUT2D eigenvalue weighted by Crippen LogP contribution is 2.31. The molecule has 0 saturated heterocycles. The minimum atomic E-state index is -0.490. The van der Waals surface area contributed by atoms with E-state index in [4.69, 9.17) is 10.9 Å². The fraction of sp³-hybridized carbons (Fsp3) is 0. The Labute approximate surface area is 122 Å². The van der Waals surface area contributed by atoms with Gasteiger partial charge < -0.3 is 15.9 Å². The maximum atomic E-state index is 14.1. The van der Waals surface area contributed by atoms with E-state index in [2.05, 4.69) is 25.1 Å². The number of oxime groups is 1. The van der Waals surface area contributed by atoms with Crippen LogP contribution >= 0.6 is 11.8 Å². The lowest BCUT2D eigenvalue weighted by molar-refractivity contribution is 0.318. The molecule has 0 fully saturated rings. The lowest BCUT2D eigenvalue weighted by Gasteiger charge is -2.05. The molecule has 106 valence electrons. The smallest absolute Gasteiger partial charge is 0.181 e. The van der Waals surface area contributed by atoms with E-state index in [-0.39, 0.29) is 5.84 Å². The standard InChI is InChI=1S/C12H9FN6OS/c13-7-3-6(10(14)19-20)1-2-8(7)21-12-9-11(16-4-15-9)17-5-18-12/h1-5,20H,(H2,14,19)(H,15,16,17,18). The summed E-state index contributed by atoms with van der Waals surface area (Å²) < 4.78 is 14.1. The van der Waals surface area contributed by atoms with Crippen molar-refractivity contribution in [1.29, 1.82) is 0 Å². The first kappa shape index (κ1) is 13.3. The van der Waals surface area contributed by atoms with Crippen LogP contribution in [0.3, 0.4) is 0 Å². The third-order valence-corrected chi connectivity index (χ3v) is 3.78. The number of fused-ring (bicyclic) bond motifs is 1. The van der Waals surface area contributed by atoms with Gasteiger partial charge in [0, 0.05) is 10.5 Å². The molecule has 21 heavy (non-hydrogen) atoms. The summed E-state index contributed by atoms with van der Waals surface area (Å²) in [6, 6.07) is 4.30. The van der Waals surface area contributed by atoms with Crippen molar-refractivity contribution in [1.82, 2.24) is 19.9 Å². The van der Waals surface area contributed by atoms with Crippen molar-refractivity contribution in [2.24, 2.45) is 10.9 Å². The van der Waals surface area contributed by atoms with Crippen LogP contribution in [0, 0.1) is 5.82 Å². The Bertz CT molecular complexity index is 833. The summed E-state index contributed by atoms with van der Waals surface area (Å²) in [7, 11) is 0. The molecule has 3 rings (SSSR count). The highest BCUT2D eigenvalue weighted by Gasteiger charge is 2.12. The number of hydrogen-bond acceptors (Lipinski definition) is 6. The molecule has 0 atom stereocenters. The molecule has 0 aliphatic carbocycles. The Kier molecular flexibility index (Phi) is 3.40. The van der Waals surface area contributed by atoms with Gasteiger partial charge >= 0.3 is 0 Å². The first-order valence-electron chi connectivity index (χ1n) is 5.78. The number of halogens is 1. The van der Waals surface area contributed by atoms with Crippen molar-refractivity contribution in [3.63, 3.8) is 0 Å². The molecule has 9 heteroatoms. The molecule has 0 saturated carbocycles. The van der Waals surface area contributed by atoms with Gasteiger partial charge in [-0.05, 0) is 18.2 Å². The Morgan fingerprint density at radius 3 is 2.95 bits per heavy atom. The van der Waals surface area contributed by atoms with Crippen molar-refractivity contribution >= 4 is 28.8 Å². The molecule has 0 aliphatic heterocycles. The van der Waals surface area contributed by atoms with E-state index in [0.29, 0.717) is 26.6 Å². The predicted octanol–water partition coefficient (Wildman–Crippen LogP) is 1.74. The van der Waals surface area contributed by atoms with E-state index in [9.17, 15) is 4.39 Å². The summed E-state index contributed by atoms with van der Waals surface area (Å²) in [5.41, 5.74) is 6.87. The van der Waals surface area contributed by atoms with Crippen molar-refractivity contribution in [3.05, 3.63) is 42.2 Å². The topological polar surface area (TPSA) is 113 Å². The second kappa shape index (κ2) is 5.37. The van der Waals surface area contributed by atoms with Crippen LogP contribution in [-0.4, -0.2) is 31.0 Å². The minimum absolute atomic E-state index is 0.150. The van der Waals surface area contributed by atoms with E-state index in [1.165, 1.54) is 24.8 Å². The summed E-state index contributed by atoms with van der Waals surface area (Å²) in [4.78, 5) is 15.4. The van der Waals surface area contributed by atoms with E-state index in [0.717, 1.165) is 11.8 Å². The Balaban J connectivity index is 1.97. The summed E-state index contributed by atoms with van der Waals surface area (Å²) in [5, 5.41) is 12.0. The van der Waals surface area contributed by atoms with Gasteiger partial charge in [-0.25, -0.2) is 19.3 Å². The quantitative estimate of drug-likeness (QED) is 0.223. The van der Waals surface area contributed by atoms with Gasteiger partial charge in [0.2, 0.25) is 0 Å². The molecule has 0 radical (unpaired) electrons. The van der Waals surface area contributed by atoms with Gasteiger partial charge in [-0.3, -0.25) is 0 Å². The Morgan fingerprint density at radius 1 is 1.33 bits per heavy atom. The maximum Gasteiger partial charge on any atom is 0.181 e. The van der Waals surface area contributed by atoms with Crippen LogP contribution in [0.2, 0.25) is 0 Å². The highest BCUT2D eigenvalue weighted by atomic mass is 32.2. The average Bonchev–Trinajstić information content (AvgIpc) is 2.98. The number of amidine groups is 1. The van der Waals surface area contributed by atoms with Gasteiger partial charge in [0.25, 0.3) is 0 Å². The lowest BCUT2D eigenvalue weighted by atomic mass is 10.2. The van der Waals surface area contributed by atoms with Crippen molar-refractivity contribution in [2.45, 2.75) is 9.92 Å². The van der Waals surface area contributed by atoms with Crippen LogP contribution in [0.15, 0.2) is 45.9 Å². The SMILES string of the molecule is NC(=NO)c1ccc(Sc2ncnc3nc[nH]c23)c(F)c1. The number of aromatic nitrogens is 4. The summed E-state index contributed by atoms with van der Waals surface area (Å²) in [6.45, 7) is 0. The second-order valence-corrected chi connectivity index (χ2v) is 5.04. The maximum absolute atomic E-state index is 14.1. The van der Waals surface area contributed by atoms with Gasteiger partial charge in [-0.2, -0.15) is 0 Å². The number of aromatic amines is 1. The number of imidazole rings is 1. The average molecular weight is 304 g/mol. The van der Waals surface area contributed by atoms with Crippen molar-refractivity contribution in [2.75, 3.05) is 0 Å². The molecule has 2 aromatic heterocycles. The fourth-order valence-corrected chi connectivity index (χ4v) is 2.58. The van der Waals surface area contributed by atoms with Gasteiger partial charge in [0.1, 0.15) is 22.7 Å². The third-order valence-electron chi connectivity index (χ3n) is 2.73. The molecule has 4 N–H and O–H groups in total. The van der Waals surface area contributed by atoms with Gasteiger partial charge in [0.05, 0.1) is 6.33 Å². The monoisotopic (exact) mass is 304 g/mol. The molecule has 0 bridgehead atoms. The van der Waals surface area contributed by atoms with Crippen LogP contribution in [0.5, 0.6) is 0 Å². The Hall–Kier alpha value is -2.68. The number of rotatable bonds is 3. The van der Waals surface area contributed by atoms with Crippen LogP contribution in [0.25, 0.3) is 11.2 Å². The summed E-state index contributed by atoms with van der Waals surface area (Å²) >= 11 is 1.14. The molecule has 0 amide bonds. The number of H-pyrrole nitrogens is 1. The molecule has 2 heterocycles. The van der Waals surface area contributed by atoms with Crippen LogP contribution in [0.1, 0.15) is 5.56 Å². The summed E-state index contributed by atoms with van der Waals surface area (Å²) in [6.07, 6.45) is 2.87. The molecule has 3 aromatic rings. The summed E-state index contributed by atoms with van der Waals surface area (Å²) in [5.74, 6) is -0.640. The van der Waals surface area contributed by atoms with E-state index in [1.807, 2.05) is 0 Å². The van der Waals surface area contributed by atoms with Crippen molar-refractivity contribution in [3.8, 4) is 0 Å². The predicted molar refractivity (Wildman–Crippen MR) is 74.7 cm³/mol. The minimum Gasteiger partial charge on any atom is -0.409 e. The Morgan fingerprint density at radius 2 is 2.19 bits per heavy atom. The first-order chi connectivity index (χ1) is 10.2. The van der Waals surface area contributed by atoms with Gasteiger partial charge in [0.15, 0.2) is 11.5 Å². The van der Waals surface area contributed by atoms with E-state index >= 15 is 0 Å². The second-order valence-electron chi connectivity index (χ2n) is 4.01. The zero-order valence-electron chi connectivity index (χ0n) is 10.5. The van der Waals surface area contributed by atoms with Gasteiger partial charge in [-0.1, -0.05) is 16.9 Å². The number of nitrogens with two attached hydrogens (primary N) is 1. The number of benzene rings is 1. The molecule has 7 nitrogen and oxygen atoms in total. The van der Waals surface area contributed by atoms with Crippen LogP contribution in [-0.2, 0) is 0 Å². The van der Waals surface area contributed by atoms with E-state index < -0.39 is 5.82 Å². The number of nitrogens with one attached hydrogen (secondary N) is 1. The van der Waals surface area contributed by atoms with Crippen molar-refractivity contribution < 1.29 is 9.60 Å². The molecular formula is C12H9FN6OS. The first-order valence-corrected chi connectivity index (χ1v) is 6.60.